The lowest BCUT2D eigenvalue weighted by Crippen LogP contribution is -2.33. The van der Waals surface area contributed by atoms with Crippen LogP contribution in [0.5, 0.6) is 0 Å². The minimum absolute atomic E-state index is 0.0340. The molecule has 1 aromatic carbocycles. The van der Waals surface area contributed by atoms with Crippen molar-refractivity contribution in [1.82, 2.24) is 9.55 Å². The SMILES string of the molecule is Nc1ccc(C#CC#Cc2cn([C@H]3C[C@H](O)[C@@H](CO)O3)c(=O)[nH]c2=O)cc1. The van der Waals surface area contributed by atoms with Gasteiger partial charge in [0.1, 0.15) is 17.9 Å². The molecule has 1 aliphatic rings. The van der Waals surface area contributed by atoms with E-state index in [0.29, 0.717) is 5.69 Å². The Hall–Kier alpha value is -3.30. The molecule has 0 saturated carbocycles. The summed E-state index contributed by atoms with van der Waals surface area (Å²) in [7, 11) is 0. The molecule has 3 atom stereocenters. The number of nitrogens with one attached hydrogen (secondary N) is 1. The minimum Gasteiger partial charge on any atom is -0.399 e. The molecule has 1 fully saturated rings. The molecule has 0 unspecified atom stereocenters. The Morgan fingerprint density at radius 2 is 1.93 bits per heavy atom. The number of ether oxygens (including phenoxy) is 1. The van der Waals surface area contributed by atoms with Gasteiger partial charge in [0.25, 0.3) is 5.56 Å². The molecular weight excluding hydrogens is 350 g/mol. The van der Waals surface area contributed by atoms with Gasteiger partial charge in [-0.3, -0.25) is 14.3 Å². The summed E-state index contributed by atoms with van der Waals surface area (Å²) in [5.41, 5.74) is 5.65. The highest BCUT2D eigenvalue weighted by molar-refractivity contribution is 5.47. The van der Waals surface area contributed by atoms with Crippen molar-refractivity contribution in [3.8, 4) is 23.7 Å². The average molecular weight is 367 g/mol. The van der Waals surface area contributed by atoms with Crippen molar-refractivity contribution in [3.05, 3.63) is 62.4 Å². The van der Waals surface area contributed by atoms with Gasteiger partial charge in [-0.15, -0.1) is 0 Å². The highest BCUT2D eigenvalue weighted by Gasteiger charge is 2.35. The van der Waals surface area contributed by atoms with Gasteiger partial charge in [0.2, 0.25) is 0 Å². The third-order valence-corrected chi connectivity index (χ3v) is 4.04. The highest BCUT2D eigenvalue weighted by atomic mass is 16.5. The van der Waals surface area contributed by atoms with Gasteiger partial charge in [-0.05, 0) is 42.0 Å². The Kier molecular flexibility index (Phi) is 5.43. The lowest BCUT2D eigenvalue weighted by molar-refractivity contribution is -0.0459. The standard InChI is InChI=1S/C19H17N3O5/c20-14-7-5-12(6-8-14)3-1-2-4-13-10-22(19(26)21-18(13)25)17-9-15(24)16(11-23)27-17/h5-8,10,15-17,23-24H,9,11,20H2,(H,21,25,26)/t15-,16+,17+/m0/s1. The van der Waals surface area contributed by atoms with Gasteiger partial charge in [0.15, 0.2) is 0 Å². The summed E-state index contributed by atoms with van der Waals surface area (Å²) in [5, 5.41) is 19.0. The number of aliphatic hydroxyl groups is 2. The third-order valence-electron chi connectivity index (χ3n) is 4.04. The fourth-order valence-corrected chi connectivity index (χ4v) is 2.61. The fraction of sp³-hybridized carbons (Fsp3) is 0.263. The number of H-pyrrole nitrogens is 1. The van der Waals surface area contributed by atoms with Crippen LogP contribution in [0.15, 0.2) is 40.1 Å². The second-order valence-electron chi connectivity index (χ2n) is 5.95. The molecular formula is C19H17N3O5. The molecule has 8 heteroatoms. The molecule has 2 heterocycles. The van der Waals surface area contributed by atoms with Crippen molar-refractivity contribution < 1.29 is 14.9 Å². The quantitative estimate of drug-likeness (QED) is 0.405. The van der Waals surface area contributed by atoms with Crippen LogP contribution in [0.4, 0.5) is 5.69 Å². The Morgan fingerprint density at radius 1 is 1.22 bits per heavy atom. The Labute approximate surface area is 154 Å². The van der Waals surface area contributed by atoms with Crippen LogP contribution in [0, 0.1) is 23.7 Å². The summed E-state index contributed by atoms with van der Waals surface area (Å²) < 4.78 is 6.57. The highest BCUT2D eigenvalue weighted by Crippen LogP contribution is 2.27. The number of benzene rings is 1. The van der Waals surface area contributed by atoms with E-state index in [1.807, 2.05) is 0 Å². The zero-order chi connectivity index (χ0) is 19.4. The topological polar surface area (TPSA) is 131 Å². The van der Waals surface area contributed by atoms with E-state index >= 15 is 0 Å². The molecule has 1 aliphatic heterocycles. The first-order chi connectivity index (χ1) is 13.0. The summed E-state index contributed by atoms with van der Waals surface area (Å²) in [4.78, 5) is 26.1. The first-order valence-corrected chi connectivity index (χ1v) is 8.15. The number of aromatic nitrogens is 2. The van der Waals surface area contributed by atoms with E-state index in [4.69, 9.17) is 15.6 Å². The molecule has 0 aliphatic carbocycles. The van der Waals surface area contributed by atoms with Crippen LogP contribution < -0.4 is 17.0 Å². The Morgan fingerprint density at radius 3 is 2.59 bits per heavy atom. The van der Waals surface area contributed by atoms with Crippen molar-refractivity contribution in [2.45, 2.75) is 24.9 Å². The number of nitrogens with zero attached hydrogens (tertiary/aromatic N) is 1. The van der Waals surface area contributed by atoms with Crippen LogP contribution in [0.2, 0.25) is 0 Å². The predicted molar refractivity (Wildman–Crippen MR) is 97.6 cm³/mol. The Balaban J connectivity index is 1.85. The van der Waals surface area contributed by atoms with Gasteiger partial charge < -0.3 is 20.7 Å². The van der Waals surface area contributed by atoms with E-state index in [2.05, 4.69) is 28.7 Å². The van der Waals surface area contributed by atoms with Crippen molar-refractivity contribution in [1.29, 1.82) is 0 Å². The van der Waals surface area contributed by atoms with E-state index in [1.54, 1.807) is 24.3 Å². The smallest absolute Gasteiger partial charge is 0.330 e. The van der Waals surface area contributed by atoms with E-state index in [0.717, 1.165) is 10.1 Å². The maximum Gasteiger partial charge on any atom is 0.330 e. The zero-order valence-electron chi connectivity index (χ0n) is 14.2. The maximum absolute atomic E-state index is 12.0. The van der Waals surface area contributed by atoms with Gasteiger partial charge >= 0.3 is 5.69 Å². The van der Waals surface area contributed by atoms with E-state index in [9.17, 15) is 14.7 Å². The number of nitrogens with two attached hydrogens (primary N) is 1. The minimum atomic E-state index is -0.904. The number of hydrogen-bond donors (Lipinski definition) is 4. The lowest BCUT2D eigenvalue weighted by atomic mass is 10.2. The first kappa shape index (κ1) is 18.5. The summed E-state index contributed by atoms with van der Waals surface area (Å²) in [6.07, 6.45) is -1.12. The third kappa shape index (κ3) is 4.27. The van der Waals surface area contributed by atoms with Crippen LogP contribution in [0.1, 0.15) is 23.8 Å². The second-order valence-corrected chi connectivity index (χ2v) is 5.95. The summed E-state index contributed by atoms with van der Waals surface area (Å²) in [6, 6.07) is 6.93. The van der Waals surface area contributed by atoms with Crippen molar-refractivity contribution in [3.63, 3.8) is 0 Å². The van der Waals surface area contributed by atoms with E-state index in [1.165, 1.54) is 6.20 Å². The monoisotopic (exact) mass is 367 g/mol. The molecule has 5 N–H and O–H groups in total. The van der Waals surface area contributed by atoms with Gasteiger partial charge in [0.05, 0.1) is 12.7 Å². The van der Waals surface area contributed by atoms with Gasteiger partial charge in [0, 0.05) is 23.9 Å². The molecule has 27 heavy (non-hydrogen) atoms. The van der Waals surface area contributed by atoms with Crippen molar-refractivity contribution in [2.75, 3.05) is 12.3 Å². The van der Waals surface area contributed by atoms with Crippen LogP contribution in [-0.4, -0.2) is 38.6 Å². The van der Waals surface area contributed by atoms with Crippen LogP contribution in [0.3, 0.4) is 0 Å². The van der Waals surface area contributed by atoms with Crippen molar-refractivity contribution in [2.24, 2.45) is 0 Å². The summed E-state index contributed by atoms with van der Waals surface area (Å²) in [5.74, 6) is 10.6. The van der Waals surface area contributed by atoms with E-state index in [-0.39, 0.29) is 18.6 Å². The molecule has 1 aromatic heterocycles. The van der Waals surface area contributed by atoms with Gasteiger partial charge in [-0.1, -0.05) is 5.92 Å². The largest absolute Gasteiger partial charge is 0.399 e. The molecule has 8 nitrogen and oxygen atoms in total. The number of nitrogen functional groups attached to an aromatic ring is 1. The maximum atomic E-state index is 12.0. The number of aliphatic hydroxyl groups excluding tert-OH is 2. The van der Waals surface area contributed by atoms with Crippen LogP contribution in [0.25, 0.3) is 0 Å². The zero-order valence-corrected chi connectivity index (χ0v) is 14.2. The molecule has 2 aromatic rings. The molecule has 0 spiro atoms. The van der Waals surface area contributed by atoms with Crippen LogP contribution >= 0.6 is 0 Å². The summed E-state index contributed by atoms with van der Waals surface area (Å²) in [6.45, 7) is -0.372. The van der Waals surface area contributed by atoms with Gasteiger partial charge in [-0.25, -0.2) is 4.79 Å². The van der Waals surface area contributed by atoms with Crippen molar-refractivity contribution >= 4 is 5.69 Å². The molecule has 1 saturated heterocycles. The number of hydrogen-bond acceptors (Lipinski definition) is 6. The lowest BCUT2D eigenvalue weighted by Gasteiger charge is -2.14. The fourth-order valence-electron chi connectivity index (χ4n) is 2.61. The second kappa shape index (κ2) is 7.94. The molecule has 138 valence electrons. The number of rotatable bonds is 2. The molecule has 0 radical (unpaired) electrons. The molecule has 0 bridgehead atoms. The van der Waals surface area contributed by atoms with Gasteiger partial charge in [-0.2, -0.15) is 0 Å². The number of anilines is 1. The normalized spacial score (nSPS) is 21.0. The van der Waals surface area contributed by atoms with Crippen LogP contribution in [-0.2, 0) is 4.74 Å². The average Bonchev–Trinajstić information content (AvgIpc) is 3.02. The Bertz CT molecular complexity index is 1060. The molecule has 0 amide bonds. The predicted octanol–water partition coefficient (Wildman–Crippen LogP) is -0.837. The first-order valence-electron chi connectivity index (χ1n) is 8.15. The molecule has 3 rings (SSSR count). The summed E-state index contributed by atoms with van der Waals surface area (Å²) >= 11 is 0. The van der Waals surface area contributed by atoms with E-state index < -0.39 is 29.7 Å². The number of aromatic amines is 1.